The molecule has 0 aliphatic carbocycles. The SMILES string of the molecule is CCC(Oc1ccc(-n2cc(Cl)cn2)cc1)C(=O)N1CC(=O)Nc2cccnc21. The van der Waals surface area contributed by atoms with E-state index in [4.69, 9.17) is 16.3 Å². The fourth-order valence-corrected chi connectivity index (χ4v) is 3.20. The van der Waals surface area contributed by atoms with Crippen molar-refractivity contribution >= 4 is 34.9 Å². The lowest BCUT2D eigenvalue weighted by Gasteiger charge is -2.30. The van der Waals surface area contributed by atoms with E-state index in [1.54, 1.807) is 47.5 Å². The smallest absolute Gasteiger partial charge is 0.269 e. The first-order valence-corrected chi connectivity index (χ1v) is 9.46. The number of benzene rings is 1. The molecule has 4 rings (SSSR count). The quantitative estimate of drug-likeness (QED) is 0.697. The Labute approximate surface area is 172 Å². The number of pyridine rings is 1. The summed E-state index contributed by atoms with van der Waals surface area (Å²) in [6.45, 7) is 1.76. The lowest BCUT2D eigenvalue weighted by Crippen LogP contribution is -2.48. The van der Waals surface area contributed by atoms with Crippen molar-refractivity contribution in [3.05, 3.63) is 60.0 Å². The second-order valence-electron chi connectivity index (χ2n) is 6.46. The minimum atomic E-state index is -0.749. The largest absolute Gasteiger partial charge is 0.481 e. The van der Waals surface area contributed by atoms with Crippen LogP contribution in [0.5, 0.6) is 5.75 Å². The van der Waals surface area contributed by atoms with Crippen molar-refractivity contribution in [1.82, 2.24) is 14.8 Å². The molecule has 8 nitrogen and oxygen atoms in total. The minimum absolute atomic E-state index is 0.0955. The molecule has 0 spiro atoms. The summed E-state index contributed by atoms with van der Waals surface area (Å²) in [6.07, 6.45) is 4.52. The molecule has 0 radical (unpaired) electrons. The molecule has 2 aromatic heterocycles. The Morgan fingerprint density at radius 3 is 2.79 bits per heavy atom. The molecule has 3 heterocycles. The zero-order valence-corrected chi connectivity index (χ0v) is 16.3. The van der Waals surface area contributed by atoms with E-state index in [9.17, 15) is 9.59 Å². The normalized spacial score (nSPS) is 14.1. The maximum absolute atomic E-state index is 13.1. The number of aromatic nitrogens is 3. The van der Waals surface area contributed by atoms with Gasteiger partial charge in [0.25, 0.3) is 5.91 Å². The van der Waals surface area contributed by atoms with Crippen LogP contribution in [0.4, 0.5) is 11.5 Å². The summed E-state index contributed by atoms with van der Waals surface area (Å²) in [6, 6.07) is 10.6. The number of nitrogens with zero attached hydrogens (tertiary/aromatic N) is 4. The van der Waals surface area contributed by atoms with Gasteiger partial charge in [0.15, 0.2) is 11.9 Å². The van der Waals surface area contributed by atoms with Gasteiger partial charge in [-0.1, -0.05) is 18.5 Å². The molecule has 2 amide bonds. The minimum Gasteiger partial charge on any atom is -0.481 e. The fourth-order valence-electron chi connectivity index (χ4n) is 3.07. The van der Waals surface area contributed by atoms with Crippen molar-refractivity contribution in [3.63, 3.8) is 0 Å². The van der Waals surface area contributed by atoms with Gasteiger partial charge < -0.3 is 10.1 Å². The van der Waals surface area contributed by atoms with E-state index >= 15 is 0 Å². The topological polar surface area (TPSA) is 89.4 Å². The van der Waals surface area contributed by atoms with Crippen LogP contribution in [0, 0.1) is 0 Å². The van der Waals surface area contributed by atoms with Crippen LogP contribution in [0.25, 0.3) is 5.69 Å². The maximum Gasteiger partial charge on any atom is 0.269 e. The van der Waals surface area contributed by atoms with E-state index in [2.05, 4.69) is 15.4 Å². The Balaban J connectivity index is 1.52. The van der Waals surface area contributed by atoms with E-state index in [1.165, 1.54) is 4.90 Å². The Kier molecular flexibility index (Phi) is 5.18. The highest BCUT2D eigenvalue weighted by Gasteiger charge is 2.33. The summed E-state index contributed by atoms with van der Waals surface area (Å²) in [5, 5.41) is 7.41. The van der Waals surface area contributed by atoms with Crippen LogP contribution in [0.2, 0.25) is 5.02 Å². The Bertz CT molecular complexity index is 1050. The highest BCUT2D eigenvalue weighted by molar-refractivity contribution is 6.30. The summed E-state index contributed by atoms with van der Waals surface area (Å²) in [5.41, 5.74) is 1.32. The van der Waals surface area contributed by atoms with Crippen molar-refractivity contribution < 1.29 is 14.3 Å². The first kappa shape index (κ1) is 18.9. The van der Waals surface area contributed by atoms with Gasteiger partial charge in [-0.15, -0.1) is 0 Å². The first-order chi connectivity index (χ1) is 14.0. The van der Waals surface area contributed by atoms with Crippen molar-refractivity contribution in [2.75, 3.05) is 16.8 Å². The van der Waals surface area contributed by atoms with Crippen LogP contribution in [0.1, 0.15) is 13.3 Å². The first-order valence-electron chi connectivity index (χ1n) is 9.08. The number of fused-ring (bicyclic) bond motifs is 1. The third-order valence-electron chi connectivity index (χ3n) is 4.46. The summed E-state index contributed by atoms with van der Waals surface area (Å²) in [5.74, 6) is 0.376. The standard InChI is InChI=1S/C20H18ClN5O3/c1-2-17(20(28)25-12-18(27)24-16-4-3-9-22-19(16)25)29-15-7-5-14(6-8-15)26-11-13(21)10-23-26/h3-11,17H,2,12H2,1H3,(H,24,27). The van der Waals surface area contributed by atoms with E-state index in [-0.39, 0.29) is 18.4 Å². The zero-order valence-electron chi connectivity index (χ0n) is 15.6. The van der Waals surface area contributed by atoms with Gasteiger partial charge in [0.2, 0.25) is 5.91 Å². The van der Waals surface area contributed by atoms with Gasteiger partial charge in [0.05, 0.1) is 22.6 Å². The molecule has 0 bridgehead atoms. The van der Waals surface area contributed by atoms with Crippen LogP contribution in [-0.2, 0) is 9.59 Å². The van der Waals surface area contributed by atoms with Crippen molar-refractivity contribution in [2.45, 2.75) is 19.4 Å². The predicted molar refractivity (Wildman–Crippen MR) is 109 cm³/mol. The number of rotatable bonds is 5. The monoisotopic (exact) mass is 411 g/mol. The van der Waals surface area contributed by atoms with Crippen molar-refractivity contribution in [3.8, 4) is 11.4 Å². The second kappa shape index (κ2) is 7.92. The average molecular weight is 412 g/mol. The molecular weight excluding hydrogens is 394 g/mol. The molecular formula is C20H18ClN5O3. The lowest BCUT2D eigenvalue weighted by molar-refractivity contribution is -0.127. The summed E-state index contributed by atoms with van der Waals surface area (Å²) < 4.78 is 7.56. The molecule has 9 heteroatoms. The molecule has 3 aromatic rings. The van der Waals surface area contributed by atoms with E-state index < -0.39 is 6.10 Å². The molecule has 1 N–H and O–H groups in total. The maximum atomic E-state index is 13.1. The number of carbonyl (C=O) groups excluding carboxylic acids is 2. The van der Waals surface area contributed by atoms with Crippen LogP contribution in [0.3, 0.4) is 0 Å². The van der Waals surface area contributed by atoms with Gasteiger partial charge in [-0.3, -0.25) is 14.5 Å². The highest BCUT2D eigenvalue weighted by Crippen LogP contribution is 2.28. The third kappa shape index (κ3) is 3.93. The summed E-state index contributed by atoms with van der Waals surface area (Å²) in [4.78, 5) is 30.7. The number of carbonyl (C=O) groups is 2. The summed E-state index contributed by atoms with van der Waals surface area (Å²) in [7, 11) is 0. The van der Waals surface area contributed by atoms with Gasteiger partial charge in [-0.2, -0.15) is 5.10 Å². The van der Waals surface area contributed by atoms with Gasteiger partial charge in [-0.25, -0.2) is 9.67 Å². The molecule has 0 fully saturated rings. The molecule has 0 saturated heterocycles. The number of hydrogen-bond donors (Lipinski definition) is 1. The second-order valence-corrected chi connectivity index (χ2v) is 6.90. The average Bonchev–Trinajstić information content (AvgIpc) is 3.17. The highest BCUT2D eigenvalue weighted by atomic mass is 35.5. The molecule has 29 heavy (non-hydrogen) atoms. The molecule has 1 aliphatic heterocycles. The van der Waals surface area contributed by atoms with E-state index in [0.29, 0.717) is 28.7 Å². The Morgan fingerprint density at radius 2 is 2.10 bits per heavy atom. The van der Waals surface area contributed by atoms with E-state index in [1.807, 2.05) is 19.1 Å². The number of ether oxygens (including phenoxy) is 1. The molecule has 1 aliphatic rings. The van der Waals surface area contributed by atoms with Gasteiger partial charge in [0, 0.05) is 12.4 Å². The van der Waals surface area contributed by atoms with Crippen molar-refractivity contribution in [1.29, 1.82) is 0 Å². The third-order valence-corrected chi connectivity index (χ3v) is 4.66. The molecule has 0 saturated carbocycles. The molecule has 1 atom stereocenters. The number of amides is 2. The fraction of sp³-hybridized carbons (Fsp3) is 0.200. The number of nitrogens with one attached hydrogen (secondary N) is 1. The Hall–Kier alpha value is -3.39. The van der Waals surface area contributed by atoms with Crippen molar-refractivity contribution in [2.24, 2.45) is 0 Å². The molecule has 1 aromatic carbocycles. The number of anilines is 2. The van der Waals surface area contributed by atoms with E-state index in [0.717, 1.165) is 5.69 Å². The van der Waals surface area contributed by atoms with Crippen LogP contribution in [-0.4, -0.2) is 39.2 Å². The molecule has 1 unspecified atom stereocenters. The van der Waals surface area contributed by atoms with Crippen LogP contribution in [0.15, 0.2) is 55.0 Å². The number of hydrogen-bond acceptors (Lipinski definition) is 5. The Morgan fingerprint density at radius 1 is 1.31 bits per heavy atom. The van der Waals surface area contributed by atoms with Gasteiger partial charge >= 0.3 is 0 Å². The molecule has 148 valence electrons. The van der Waals surface area contributed by atoms with Gasteiger partial charge in [0.1, 0.15) is 12.3 Å². The van der Waals surface area contributed by atoms with Crippen LogP contribution < -0.4 is 15.0 Å². The van der Waals surface area contributed by atoms with Gasteiger partial charge in [-0.05, 0) is 42.8 Å². The predicted octanol–water partition coefficient (Wildman–Crippen LogP) is 3.06. The number of halogens is 1. The lowest BCUT2D eigenvalue weighted by atomic mass is 10.2. The summed E-state index contributed by atoms with van der Waals surface area (Å²) >= 11 is 5.90. The van der Waals surface area contributed by atoms with Crippen LogP contribution >= 0.6 is 11.6 Å². The zero-order chi connectivity index (χ0) is 20.4.